The minimum absolute atomic E-state index is 0.188. The van der Waals surface area contributed by atoms with Crippen LogP contribution in [-0.4, -0.2) is 26.9 Å². The lowest BCUT2D eigenvalue weighted by atomic mass is 10.2. The number of rotatable bonds is 2. The summed E-state index contributed by atoms with van der Waals surface area (Å²) in [6.07, 6.45) is 1.57. The van der Waals surface area contributed by atoms with Gasteiger partial charge in [-0.2, -0.15) is 0 Å². The van der Waals surface area contributed by atoms with Crippen LogP contribution in [0.1, 0.15) is 23.0 Å². The van der Waals surface area contributed by atoms with Gasteiger partial charge >= 0.3 is 5.97 Å². The predicted molar refractivity (Wildman–Crippen MR) is 76.2 cm³/mol. The van der Waals surface area contributed by atoms with E-state index in [9.17, 15) is 4.79 Å². The SMILES string of the molecule is CCOC(=O)c1ncn2c1c(Cl)nc1ccc(C)cc12. The molecular weight excluding hydrogens is 278 g/mol. The van der Waals surface area contributed by atoms with Crippen molar-refractivity contribution in [1.82, 2.24) is 14.4 Å². The van der Waals surface area contributed by atoms with Gasteiger partial charge in [-0.05, 0) is 31.5 Å². The summed E-state index contributed by atoms with van der Waals surface area (Å²) >= 11 is 6.19. The molecule has 0 radical (unpaired) electrons. The first-order valence-corrected chi connectivity index (χ1v) is 6.59. The second-order valence-corrected chi connectivity index (χ2v) is 4.79. The molecule has 0 atom stereocenters. The van der Waals surface area contributed by atoms with Crippen molar-refractivity contribution < 1.29 is 9.53 Å². The number of aryl methyl sites for hydroxylation is 1. The van der Waals surface area contributed by atoms with Crippen LogP contribution in [0.3, 0.4) is 0 Å². The summed E-state index contributed by atoms with van der Waals surface area (Å²) in [5, 5.41) is 0.238. The van der Waals surface area contributed by atoms with E-state index in [2.05, 4.69) is 9.97 Å². The Hall–Kier alpha value is -2.14. The summed E-state index contributed by atoms with van der Waals surface area (Å²) in [5.74, 6) is -0.495. The fraction of sp³-hybridized carbons (Fsp3) is 0.214. The predicted octanol–water partition coefficient (Wildman–Crippen LogP) is 3.02. The molecule has 5 nitrogen and oxygen atoms in total. The molecule has 0 aliphatic rings. The zero-order valence-electron chi connectivity index (χ0n) is 11.1. The smallest absolute Gasteiger partial charge is 0.359 e. The second kappa shape index (κ2) is 4.76. The number of halogens is 1. The molecule has 20 heavy (non-hydrogen) atoms. The molecule has 0 N–H and O–H groups in total. The molecule has 0 spiro atoms. The lowest BCUT2D eigenvalue weighted by molar-refractivity contribution is 0.0522. The van der Waals surface area contributed by atoms with Crippen molar-refractivity contribution in [2.45, 2.75) is 13.8 Å². The van der Waals surface area contributed by atoms with Crippen LogP contribution < -0.4 is 0 Å². The van der Waals surface area contributed by atoms with Crippen LogP contribution in [0.15, 0.2) is 24.5 Å². The zero-order chi connectivity index (χ0) is 14.3. The first kappa shape index (κ1) is 12.9. The fourth-order valence-corrected chi connectivity index (χ4v) is 2.43. The minimum atomic E-state index is -0.495. The van der Waals surface area contributed by atoms with Crippen LogP contribution in [0, 0.1) is 6.92 Å². The Labute approximate surface area is 120 Å². The molecule has 2 aromatic heterocycles. The molecule has 3 rings (SSSR count). The Morgan fingerprint density at radius 1 is 1.45 bits per heavy atom. The molecule has 0 aliphatic heterocycles. The van der Waals surface area contributed by atoms with Crippen molar-refractivity contribution >= 4 is 34.1 Å². The average molecular weight is 290 g/mol. The minimum Gasteiger partial charge on any atom is -0.461 e. The fourth-order valence-electron chi connectivity index (χ4n) is 2.16. The summed E-state index contributed by atoms with van der Waals surface area (Å²) in [7, 11) is 0. The molecule has 0 bridgehead atoms. The zero-order valence-corrected chi connectivity index (χ0v) is 11.8. The monoisotopic (exact) mass is 289 g/mol. The van der Waals surface area contributed by atoms with Crippen LogP contribution >= 0.6 is 11.6 Å². The third kappa shape index (κ3) is 1.91. The highest BCUT2D eigenvalue weighted by atomic mass is 35.5. The molecule has 3 aromatic rings. The van der Waals surface area contributed by atoms with Gasteiger partial charge in [0.15, 0.2) is 10.8 Å². The summed E-state index contributed by atoms with van der Waals surface area (Å²) in [4.78, 5) is 20.3. The number of nitrogens with zero attached hydrogens (tertiary/aromatic N) is 3. The molecule has 0 saturated heterocycles. The van der Waals surface area contributed by atoms with Gasteiger partial charge in [-0.1, -0.05) is 17.7 Å². The van der Waals surface area contributed by atoms with E-state index in [1.807, 2.05) is 25.1 Å². The van der Waals surface area contributed by atoms with Crippen molar-refractivity contribution in [3.8, 4) is 0 Å². The van der Waals surface area contributed by atoms with E-state index in [0.29, 0.717) is 5.52 Å². The molecule has 0 fully saturated rings. The lowest BCUT2D eigenvalue weighted by Crippen LogP contribution is -2.06. The van der Waals surface area contributed by atoms with Crippen molar-refractivity contribution in [2.75, 3.05) is 6.61 Å². The van der Waals surface area contributed by atoms with Gasteiger partial charge in [0, 0.05) is 0 Å². The molecule has 0 aliphatic carbocycles. The molecule has 6 heteroatoms. The lowest BCUT2D eigenvalue weighted by Gasteiger charge is -2.05. The van der Waals surface area contributed by atoms with Crippen molar-refractivity contribution in [2.24, 2.45) is 0 Å². The maximum absolute atomic E-state index is 11.9. The van der Waals surface area contributed by atoms with Gasteiger partial charge in [0.1, 0.15) is 11.8 Å². The highest BCUT2D eigenvalue weighted by Crippen LogP contribution is 2.25. The van der Waals surface area contributed by atoms with E-state index >= 15 is 0 Å². The number of aromatic nitrogens is 3. The first-order chi connectivity index (χ1) is 9.61. The number of fused-ring (bicyclic) bond motifs is 3. The molecule has 1 aromatic carbocycles. The third-order valence-electron chi connectivity index (χ3n) is 3.04. The number of esters is 1. The molecule has 102 valence electrons. The topological polar surface area (TPSA) is 56.5 Å². The Morgan fingerprint density at radius 2 is 2.25 bits per heavy atom. The van der Waals surface area contributed by atoms with E-state index in [-0.39, 0.29) is 17.5 Å². The Kier molecular flexibility index (Phi) is 3.06. The normalized spacial score (nSPS) is 11.2. The van der Waals surface area contributed by atoms with Gasteiger partial charge in [0.05, 0.1) is 17.6 Å². The number of hydrogen-bond donors (Lipinski definition) is 0. The first-order valence-electron chi connectivity index (χ1n) is 6.22. The van der Waals surface area contributed by atoms with Crippen LogP contribution in [0.25, 0.3) is 16.6 Å². The maximum Gasteiger partial charge on any atom is 0.359 e. The molecular formula is C14H12ClN3O2. The van der Waals surface area contributed by atoms with Gasteiger partial charge < -0.3 is 4.74 Å². The Bertz CT molecular complexity index is 826. The number of hydrogen-bond acceptors (Lipinski definition) is 4. The number of carbonyl (C=O) groups excluding carboxylic acids is 1. The van der Waals surface area contributed by atoms with Gasteiger partial charge in [-0.25, -0.2) is 14.8 Å². The van der Waals surface area contributed by atoms with Gasteiger partial charge in [-0.15, -0.1) is 0 Å². The highest BCUT2D eigenvalue weighted by molar-refractivity contribution is 6.33. The van der Waals surface area contributed by atoms with Crippen LogP contribution in [0.2, 0.25) is 5.15 Å². The van der Waals surface area contributed by atoms with Crippen molar-refractivity contribution in [3.05, 3.63) is 40.9 Å². The van der Waals surface area contributed by atoms with Crippen LogP contribution in [-0.2, 0) is 4.74 Å². The van der Waals surface area contributed by atoms with Crippen LogP contribution in [0.5, 0.6) is 0 Å². The summed E-state index contributed by atoms with van der Waals surface area (Å²) in [6.45, 7) is 4.02. The quantitative estimate of drug-likeness (QED) is 0.681. The van der Waals surface area contributed by atoms with E-state index in [1.54, 1.807) is 17.7 Å². The summed E-state index contributed by atoms with van der Waals surface area (Å²) < 4.78 is 6.75. The van der Waals surface area contributed by atoms with E-state index in [1.165, 1.54) is 0 Å². The largest absolute Gasteiger partial charge is 0.461 e. The number of benzene rings is 1. The maximum atomic E-state index is 11.9. The van der Waals surface area contributed by atoms with Gasteiger partial charge in [-0.3, -0.25) is 4.40 Å². The van der Waals surface area contributed by atoms with E-state index in [4.69, 9.17) is 16.3 Å². The third-order valence-corrected chi connectivity index (χ3v) is 3.30. The average Bonchev–Trinajstić information content (AvgIpc) is 2.86. The molecule has 2 heterocycles. The summed E-state index contributed by atoms with van der Waals surface area (Å²) in [6, 6.07) is 5.82. The molecule has 0 saturated carbocycles. The van der Waals surface area contributed by atoms with Crippen LogP contribution in [0.4, 0.5) is 0 Å². The Balaban J connectivity index is 2.35. The Morgan fingerprint density at radius 3 is 3.00 bits per heavy atom. The van der Waals surface area contributed by atoms with Gasteiger partial charge in [0.25, 0.3) is 0 Å². The number of ether oxygens (including phenoxy) is 1. The standard InChI is InChI=1S/C14H12ClN3O2/c1-3-20-14(19)11-12-13(15)17-9-5-4-8(2)6-10(9)18(12)7-16-11/h4-7H,3H2,1-2H3. The van der Waals surface area contributed by atoms with Crippen molar-refractivity contribution in [1.29, 1.82) is 0 Å². The van der Waals surface area contributed by atoms with Gasteiger partial charge in [0.2, 0.25) is 0 Å². The van der Waals surface area contributed by atoms with Crippen molar-refractivity contribution in [3.63, 3.8) is 0 Å². The highest BCUT2D eigenvalue weighted by Gasteiger charge is 2.19. The van der Waals surface area contributed by atoms with E-state index < -0.39 is 5.97 Å². The molecule has 0 amide bonds. The number of imidazole rings is 1. The summed E-state index contributed by atoms with van der Waals surface area (Å²) in [5.41, 5.74) is 3.36. The second-order valence-electron chi connectivity index (χ2n) is 4.43. The number of carbonyl (C=O) groups is 1. The van der Waals surface area contributed by atoms with E-state index in [0.717, 1.165) is 16.6 Å². The molecule has 0 unspecified atom stereocenters.